The zero-order valence-corrected chi connectivity index (χ0v) is 13.9. The van der Waals surface area contributed by atoms with Crippen LogP contribution in [0.3, 0.4) is 0 Å². The minimum atomic E-state index is -0.184. The molecule has 0 radical (unpaired) electrons. The van der Waals surface area contributed by atoms with Gasteiger partial charge in [0.2, 0.25) is 0 Å². The summed E-state index contributed by atoms with van der Waals surface area (Å²) in [4.78, 5) is 16.4. The first-order chi connectivity index (χ1) is 10.7. The molecule has 116 valence electrons. The van der Waals surface area contributed by atoms with E-state index in [0.717, 1.165) is 28.9 Å². The number of benzene rings is 1. The molecule has 0 saturated carbocycles. The smallest absolute Gasteiger partial charge is 0.257 e. The van der Waals surface area contributed by atoms with Crippen LogP contribution in [0.1, 0.15) is 16.8 Å². The minimum Gasteiger partial charge on any atom is -0.385 e. The Labute approximate surface area is 138 Å². The van der Waals surface area contributed by atoms with Crippen LogP contribution < -0.4 is 10.6 Å². The molecule has 0 bridgehead atoms. The number of halogens is 1. The fourth-order valence-corrected chi connectivity index (χ4v) is 2.23. The van der Waals surface area contributed by atoms with Crippen molar-refractivity contribution in [2.75, 3.05) is 30.9 Å². The summed E-state index contributed by atoms with van der Waals surface area (Å²) in [5.74, 6) is 0.562. The van der Waals surface area contributed by atoms with Crippen LogP contribution in [-0.4, -0.2) is 31.2 Å². The third-order valence-corrected chi connectivity index (χ3v) is 3.43. The highest BCUT2D eigenvalue weighted by atomic mass is 79.9. The Bertz CT molecular complexity index is 617. The number of carbonyl (C=O) groups is 1. The number of pyridine rings is 1. The van der Waals surface area contributed by atoms with E-state index < -0.39 is 0 Å². The molecule has 1 aromatic heterocycles. The molecule has 2 aromatic rings. The van der Waals surface area contributed by atoms with E-state index >= 15 is 0 Å². The highest BCUT2D eigenvalue weighted by molar-refractivity contribution is 9.10. The van der Waals surface area contributed by atoms with Crippen LogP contribution in [0.2, 0.25) is 0 Å². The number of aromatic nitrogens is 1. The normalized spacial score (nSPS) is 10.3. The van der Waals surface area contributed by atoms with Gasteiger partial charge in [0.25, 0.3) is 5.91 Å². The molecule has 0 aliphatic heterocycles. The van der Waals surface area contributed by atoms with Gasteiger partial charge in [0.1, 0.15) is 5.82 Å². The summed E-state index contributed by atoms with van der Waals surface area (Å²) >= 11 is 3.37. The van der Waals surface area contributed by atoms with Gasteiger partial charge in [-0.15, -0.1) is 0 Å². The van der Waals surface area contributed by atoms with Gasteiger partial charge in [-0.05, 0) is 36.8 Å². The maximum Gasteiger partial charge on any atom is 0.257 e. The molecular formula is C16H18BrN3O2. The fraction of sp³-hybridized carbons (Fsp3) is 0.250. The van der Waals surface area contributed by atoms with E-state index in [9.17, 15) is 4.79 Å². The number of carbonyl (C=O) groups excluding carboxylic acids is 1. The number of rotatable bonds is 7. The number of nitrogens with zero attached hydrogens (tertiary/aromatic N) is 1. The molecule has 22 heavy (non-hydrogen) atoms. The molecule has 2 N–H and O–H groups in total. The molecule has 0 aliphatic rings. The van der Waals surface area contributed by atoms with Gasteiger partial charge in [0.05, 0.1) is 5.56 Å². The predicted octanol–water partition coefficient (Wildman–Crippen LogP) is 3.54. The molecule has 2 rings (SSSR count). The second-order valence-corrected chi connectivity index (χ2v) is 5.59. The summed E-state index contributed by atoms with van der Waals surface area (Å²) in [6.45, 7) is 1.49. The number of hydrogen-bond acceptors (Lipinski definition) is 4. The lowest BCUT2D eigenvalue weighted by Gasteiger charge is -2.07. The lowest BCUT2D eigenvalue weighted by molar-refractivity contribution is 0.102. The van der Waals surface area contributed by atoms with E-state index in [1.807, 2.05) is 24.3 Å². The molecule has 5 nitrogen and oxygen atoms in total. The Morgan fingerprint density at radius 2 is 2.18 bits per heavy atom. The zero-order chi connectivity index (χ0) is 15.8. The van der Waals surface area contributed by atoms with Crippen molar-refractivity contribution in [3.8, 4) is 0 Å². The number of amides is 1. The van der Waals surface area contributed by atoms with Gasteiger partial charge < -0.3 is 15.4 Å². The summed E-state index contributed by atoms with van der Waals surface area (Å²) in [6, 6.07) is 11.0. The Morgan fingerprint density at radius 3 is 2.86 bits per heavy atom. The van der Waals surface area contributed by atoms with Crippen molar-refractivity contribution in [2.24, 2.45) is 0 Å². The van der Waals surface area contributed by atoms with Gasteiger partial charge in [-0.1, -0.05) is 22.0 Å². The van der Waals surface area contributed by atoms with E-state index in [4.69, 9.17) is 4.74 Å². The summed E-state index contributed by atoms with van der Waals surface area (Å²) in [5, 5.41) is 6.01. The van der Waals surface area contributed by atoms with Gasteiger partial charge in [0.15, 0.2) is 0 Å². The molecule has 1 heterocycles. The molecule has 0 fully saturated rings. The highest BCUT2D eigenvalue weighted by Gasteiger charge is 2.07. The van der Waals surface area contributed by atoms with Crippen LogP contribution >= 0.6 is 15.9 Å². The Balaban J connectivity index is 1.90. The van der Waals surface area contributed by atoms with Crippen molar-refractivity contribution in [2.45, 2.75) is 6.42 Å². The van der Waals surface area contributed by atoms with Gasteiger partial charge in [-0.25, -0.2) is 4.98 Å². The summed E-state index contributed by atoms with van der Waals surface area (Å²) < 4.78 is 5.89. The quantitative estimate of drug-likeness (QED) is 0.738. The Morgan fingerprint density at radius 1 is 1.32 bits per heavy atom. The van der Waals surface area contributed by atoms with E-state index in [-0.39, 0.29) is 5.91 Å². The molecule has 1 aromatic carbocycles. The lowest BCUT2D eigenvalue weighted by Crippen LogP contribution is -2.13. The first-order valence-electron chi connectivity index (χ1n) is 6.95. The molecule has 0 atom stereocenters. The van der Waals surface area contributed by atoms with Crippen molar-refractivity contribution in [1.82, 2.24) is 4.98 Å². The summed E-state index contributed by atoms with van der Waals surface area (Å²) in [5.41, 5.74) is 1.25. The first-order valence-corrected chi connectivity index (χ1v) is 7.74. The van der Waals surface area contributed by atoms with Crippen LogP contribution in [0.25, 0.3) is 0 Å². The number of ether oxygens (including phenoxy) is 1. The molecule has 0 unspecified atom stereocenters. The number of methoxy groups -OCH3 is 1. The zero-order valence-electron chi connectivity index (χ0n) is 12.3. The van der Waals surface area contributed by atoms with Crippen LogP contribution in [0.4, 0.5) is 11.5 Å². The first kappa shape index (κ1) is 16.5. The van der Waals surface area contributed by atoms with E-state index in [1.165, 1.54) is 0 Å². The van der Waals surface area contributed by atoms with Gasteiger partial charge >= 0.3 is 0 Å². The molecular weight excluding hydrogens is 346 g/mol. The van der Waals surface area contributed by atoms with Crippen molar-refractivity contribution >= 4 is 33.3 Å². The largest absolute Gasteiger partial charge is 0.385 e. The monoisotopic (exact) mass is 363 g/mol. The van der Waals surface area contributed by atoms with Crippen LogP contribution in [0.5, 0.6) is 0 Å². The molecule has 0 aliphatic carbocycles. The SMILES string of the molecule is COCCCNc1ccc(C(=O)Nc2cccc(Br)c2)cn1. The molecule has 0 spiro atoms. The van der Waals surface area contributed by atoms with Crippen LogP contribution in [0.15, 0.2) is 47.1 Å². The van der Waals surface area contributed by atoms with Gasteiger partial charge in [-0.2, -0.15) is 0 Å². The predicted molar refractivity (Wildman–Crippen MR) is 91.3 cm³/mol. The maximum absolute atomic E-state index is 12.1. The van der Waals surface area contributed by atoms with Crippen molar-refractivity contribution in [3.63, 3.8) is 0 Å². The average molecular weight is 364 g/mol. The third-order valence-electron chi connectivity index (χ3n) is 2.94. The Hall–Kier alpha value is -1.92. The second kappa shape index (κ2) is 8.51. The standard InChI is InChI=1S/C16H18BrN3O2/c1-22-9-3-8-18-15-7-6-12(11-19-15)16(21)20-14-5-2-4-13(17)10-14/h2,4-7,10-11H,3,8-9H2,1H3,(H,18,19)(H,20,21). The van der Waals surface area contributed by atoms with Crippen LogP contribution in [0, 0.1) is 0 Å². The second-order valence-electron chi connectivity index (χ2n) is 4.67. The number of anilines is 2. The molecule has 1 amide bonds. The highest BCUT2D eigenvalue weighted by Crippen LogP contribution is 2.16. The fourth-order valence-electron chi connectivity index (χ4n) is 1.84. The average Bonchev–Trinajstić information content (AvgIpc) is 2.52. The van der Waals surface area contributed by atoms with Gasteiger partial charge in [-0.3, -0.25) is 4.79 Å². The van der Waals surface area contributed by atoms with E-state index in [1.54, 1.807) is 25.4 Å². The number of hydrogen-bond donors (Lipinski definition) is 2. The van der Waals surface area contributed by atoms with E-state index in [0.29, 0.717) is 12.2 Å². The third kappa shape index (κ3) is 5.13. The molecule has 0 saturated heterocycles. The maximum atomic E-state index is 12.1. The molecule has 6 heteroatoms. The topological polar surface area (TPSA) is 63.2 Å². The Kier molecular flexibility index (Phi) is 6.36. The van der Waals surface area contributed by atoms with Crippen molar-refractivity contribution in [1.29, 1.82) is 0 Å². The van der Waals surface area contributed by atoms with Crippen molar-refractivity contribution < 1.29 is 9.53 Å². The number of nitrogens with one attached hydrogen (secondary N) is 2. The van der Waals surface area contributed by atoms with E-state index in [2.05, 4.69) is 31.5 Å². The van der Waals surface area contributed by atoms with Crippen molar-refractivity contribution in [3.05, 3.63) is 52.6 Å². The summed E-state index contributed by atoms with van der Waals surface area (Å²) in [7, 11) is 1.68. The summed E-state index contributed by atoms with van der Waals surface area (Å²) in [6.07, 6.45) is 2.47. The van der Waals surface area contributed by atoms with Crippen LogP contribution in [-0.2, 0) is 4.74 Å². The minimum absolute atomic E-state index is 0.184. The lowest BCUT2D eigenvalue weighted by atomic mass is 10.2. The van der Waals surface area contributed by atoms with Gasteiger partial charge in [0, 0.05) is 36.6 Å².